The van der Waals surface area contributed by atoms with Gasteiger partial charge >= 0.3 is 12.1 Å². The summed E-state index contributed by atoms with van der Waals surface area (Å²) in [5.74, 6) is -5.04. The molecule has 0 spiro atoms. The van der Waals surface area contributed by atoms with Crippen molar-refractivity contribution in [3.8, 4) is 5.75 Å². The van der Waals surface area contributed by atoms with Crippen molar-refractivity contribution in [3.05, 3.63) is 70.1 Å². The number of thiazole rings is 1. The summed E-state index contributed by atoms with van der Waals surface area (Å²) < 4.78 is 95.0. The molecule has 39 heavy (non-hydrogen) atoms. The van der Waals surface area contributed by atoms with Crippen molar-refractivity contribution in [1.29, 1.82) is 0 Å². The van der Waals surface area contributed by atoms with Crippen LogP contribution in [0.15, 0.2) is 52.2 Å². The first-order chi connectivity index (χ1) is 18.3. The summed E-state index contributed by atoms with van der Waals surface area (Å²) in [6.45, 7) is 3.86. The summed E-state index contributed by atoms with van der Waals surface area (Å²) in [6.07, 6.45) is -4.45. The molecule has 8 nitrogen and oxygen atoms in total. The van der Waals surface area contributed by atoms with Crippen molar-refractivity contribution >= 4 is 33.1 Å². The van der Waals surface area contributed by atoms with Crippen LogP contribution < -0.4 is 9.46 Å². The third-order valence-corrected chi connectivity index (χ3v) is 7.52. The van der Waals surface area contributed by atoms with Crippen molar-refractivity contribution in [1.82, 2.24) is 9.88 Å². The van der Waals surface area contributed by atoms with Crippen LogP contribution in [0.2, 0.25) is 0 Å². The second kappa shape index (κ2) is 12.7. The molecule has 1 aromatic heterocycles. The number of alkyl halides is 3. The number of halogens is 5. The van der Waals surface area contributed by atoms with Gasteiger partial charge in [0.05, 0.1) is 5.51 Å². The Balaban J connectivity index is 0.000000532. The fourth-order valence-corrected chi connectivity index (χ4v) is 5.53. The van der Waals surface area contributed by atoms with Crippen molar-refractivity contribution < 1.29 is 45.0 Å². The average molecular weight is 594 g/mol. The number of aromatic nitrogens is 1. The number of aliphatic carboxylic acids is 1. The normalized spacial score (nSPS) is 15.9. The molecule has 4 rings (SSSR count). The summed E-state index contributed by atoms with van der Waals surface area (Å²) >= 11 is 1.16. The number of carboxylic acid groups (broad SMARTS) is 1. The lowest BCUT2D eigenvalue weighted by atomic mass is 10.1. The fourth-order valence-electron chi connectivity index (χ4n) is 3.81. The molecule has 1 saturated heterocycles. The quantitative estimate of drug-likeness (QED) is 0.351. The minimum absolute atomic E-state index is 0.0108. The minimum atomic E-state index is -5.08. The molecule has 1 aliphatic rings. The van der Waals surface area contributed by atoms with Crippen LogP contribution in [0.5, 0.6) is 5.75 Å². The van der Waals surface area contributed by atoms with Crippen LogP contribution in [0.1, 0.15) is 24.5 Å². The fraction of sp³-hybridized carbons (Fsp3) is 0.333. The molecule has 1 aliphatic heterocycles. The highest BCUT2D eigenvalue weighted by Gasteiger charge is 2.38. The first kappa shape index (κ1) is 30.2. The van der Waals surface area contributed by atoms with Gasteiger partial charge < -0.3 is 9.84 Å². The summed E-state index contributed by atoms with van der Waals surface area (Å²) in [5.41, 5.74) is 2.63. The monoisotopic (exact) mass is 593 g/mol. The third-order valence-electron chi connectivity index (χ3n) is 5.54. The second-order valence-electron chi connectivity index (χ2n) is 8.36. The van der Waals surface area contributed by atoms with E-state index in [2.05, 4.69) is 14.6 Å². The Kier molecular flexibility index (Phi) is 9.85. The number of ether oxygens (including phenoxy) is 1. The number of carboxylic acids is 1. The number of nitrogens with one attached hydrogen (secondary N) is 1. The lowest BCUT2D eigenvalue weighted by Crippen LogP contribution is -2.25. The highest BCUT2D eigenvalue weighted by molar-refractivity contribution is 7.92. The topological polar surface area (TPSA) is 109 Å². The molecule has 0 saturated carbocycles. The highest BCUT2D eigenvalue weighted by atomic mass is 32.2. The molecule has 0 unspecified atom stereocenters. The summed E-state index contributed by atoms with van der Waals surface area (Å²) in [7, 11) is -4.48. The van der Waals surface area contributed by atoms with Gasteiger partial charge in [-0.25, -0.2) is 27.0 Å². The number of hydrogen-bond acceptors (Lipinski definition) is 7. The van der Waals surface area contributed by atoms with E-state index in [1.54, 1.807) is 6.92 Å². The molecule has 2 heterocycles. The maximum Gasteiger partial charge on any atom is 0.490 e. The van der Waals surface area contributed by atoms with E-state index < -0.39 is 38.7 Å². The van der Waals surface area contributed by atoms with Crippen molar-refractivity contribution in [2.75, 3.05) is 17.8 Å². The molecule has 0 amide bonds. The van der Waals surface area contributed by atoms with E-state index in [1.807, 2.05) is 30.3 Å². The number of anilines is 1. The number of benzene rings is 2. The van der Waals surface area contributed by atoms with Gasteiger partial charge in [0.2, 0.25) is 0 Å². The van der Waals surface area contributed by atoms with Crippen molar-refractivity contribution in [3.63, 3.8) is 0 Å². The summed E-state index contributed by atoms with van der Waals surface area (Å²) in [5, 5.41) is 8.56. The Morgan fingerprint density at radius 3 is 2.49 bits per heavy atom. The predicted molar refractivity (Wildman–Crippen MR) is 133 cm³/mol. The molecule has 212 valence electrons. The number of rotatable bonds is 8. The van der Waals surface area contributed by atoms with Crippen molar-refractivity contribution in [2.24, 2.45) is 0 Å². The highest BCUT2D eigenvalue weighted by Crippen LogP contribution is 2.33. The van der Waals surface area contributed by atoms with Crippen LogP contribution in [-0.2, 0) is 27.8 Å². The minimum Gasteiger partial charge on any atom is -0.489 e. The molecule has 1 atom stereocenters. The third kappa shape index (κ3) is 8.10. The average Bonchev–Trinajstić information content (AvgIpc) is 3.51. The molecular formula is C24H24F5N3O5S2. The molecule has 0 radical (unpaired) electrons. The maximum atomic E-state index is 15.2. The van der Waals surface area contributed by atoms with Crippen LogP contribution in [0.4, 0.5) is 27.8 Å². The van der Waals surface area contributed by atoms with Gasteiger partial charge in [0, 0.05) is 36.6 Å². The summed E-state index contributed by atoms with van der Waals surface area (Å²) in [6, 6.07) is 11.0. The van der Waals surface area contributed by atoms with E-state index >= 15 is 4.39 Å². The van der Waals surface area contributed by atoms with E-state index in [0.717, 1.165) is 30.5 Å². The van der Waals surface area contributed by atoms with Crippen LogP contribution in [-0.4, -0.2) is 54.7 Å². The number of hydrogen-bond donors (Lipinski definition) is 2. The molecule has 0 bridgehead atoms. The van der Waals surface area contributed by atoms with E-state index in [4.69, 9.17) is 14.6 Å². The number of carbonyl (C=O) groups is 1. The Bertz CT molecular complexity index is 1370. The van der Waals surface area contributed by atoms with E-state index in [9.17, 15) is 26.0 Å². The molecule has 2 N–H and O–H groups in total. The van der Waals surface area contributed by atoms with Gasteiger partial charge in [-0.15, -0.1) is 11.3 Å². The molecule has 1 fully saturated rings. The molecule has 3 aromatic rings. The molecule has 15 heteroatoms. The van der Waals surface area contributed by atoms with Crippen LogP contribution in [0, 0.1) is 11.6 Å². The van der Waals surface area contributed by atoms with Gasteiger partial charge in [-0.1, -0.05) is 37.3 Å². The maximum absolute atomic E-state index is 15.2. The number of nitrogens with zero attached hydrogens (tertiary/aromatic N) is 2. The largest absolute Gasteiger partial charge is 0.490 e. The second-order valence-corrected chi connectivity index (χ2v) is 10.7. The van der Waals surface area contributed by atoms with Gasteiger partial charge in [0.25, 0.3) is 10.0 Å². The Morgan fingerprint density at radius 1 is 1.26 bits per heavy atom. The van der Waals surface area contributed by atoms with Gasteiger partial charge in [0.15, 0.2) is 16.5 Å². The smallest absolute Gasteiger partial charge is 0.489 e. The predicted octanol–water partition coefficient (Wildman–Crippen LogP) is 5.07. The van der Waals surface area contributed by atoms with Gasteiger partial charge in [-0.2, -0.15) is 13.2 Å². The first-order valence-electron chi connectivity index (χ1n) is 11.5. The number of likely N-dealkylation sites (tertiary alicyclic amines) is 1. The molecule has 0 aliphatic carbocycles. The zero-order valence-electron chi connectivity index (χ0n) is 20.4. The standard InChI is InChI=1S/C22H23F2N3O3S2.C2HF3O2/c1-2-17-19(30-16-8-9-27(12-16)11-15-6-4-3-5-7-15)10-18(23)22(21(17)24)32(28,29)26-20-13-31-14-25-20;3-2(4,5)1(6)7/h3-7,10,13-14,16,26H,2,8-9,11-12H2,1H3;(H,6,7)/t16-;/m0./s1. The van der Waals surface area contributed by atoms with E-state index in [0.29, 0.717) is 13.0 Å². The number of sulfonamides is 1. The van der Waals surface area contributed by atoms with Gasteiger partial charge in [-0.05, 0) is 18.4 Å². The summed E-state index contributed by atoms with van der Waals surface area (Å²) in [4.78, 5) is 13.9. The zero-order valence-corrected chi connectivity index (χ0v) is 22.0. The lowest BCUT2D eigenvalue weighted by molar-refractivity contribution is -0.192. The van der Waals surface area contributed by atoms with Crippen LogP contribution >= 0.6 is 11.3 Å². The van der Waals surface area contributed by atoms with Crippen molar-refractivity contribution in [2.45, 2.75) is 43.5 Å². The SMILES string of the molecule is CCc1c(O[C@H]2CCN(Cc3ccccc3)C2)cc(F)c(S(=O)(=O)Nc2cscn2)c1F.O=C(O)C(F)(F)F. The molecular weight excluding hydrogens is 569 g/mol. The Hall–Kier alpha value is -3.30. The first-order valence-corrected chi connectivity index (χ1v) is 13.9. The lowest BCUT2D eigenvalue weighted by Gasteiger charge is -2.20. The Morgan fingerprint density at radius 2 is 1.92 bits per heavy atom. The van der Waals surface area contributed by atoms with E-state index in [-0.39, 0.29) is 29.7 Å². The van der Waals surface area contributed by atoms with Crippen LogP contribution in [0.25, 0.3) is 0 Å². The van der Waals surface area contributed by atoms with E-state index in [1.165, 1.54) is 16.5 Å². The van der Waals surface area contributed by atoms with Gasteiger partial charge in [-0.3, -0.25) is 9.62 Å². The van der Waals surface area contributed by atoms with Crippen LogP contribution in [0.3, 0.4) is 0 Å². The van der Waals surface area contributed by atoms with Gasteiger partial charge in [0.1, 0.15) is 17.7 Å². The zero-order chi connectivity index (χ0) is 28.8. The molecule has 2 aromatic carbocycles. The Labute approximate surface area is 225 Å².